The van der Waals surface area contributed by atoms with Gasteiger partial charge in [-0.15, -0.1) is 0 Å². The van der Waals surface area contributed by atoms with Gasteiger partial charge in [0.1, 0.15) is 6.29 Å². The second-order valence-electron chi connectivity index (χ2n) is 3.26. The molecule has 1 aromatic carbocycles. The molecular formula is C11H11NO. The molecule has 0 spiro atoms. The van der Waals surface area contributed by atoms with Crippen LogP contribution in [0.15, 0.2) is 24.3 Å². The number of rotatable bonds is 1. The average Bonchev–Trinajstić information content (AvgIpc) is 2.17. The van der Waals surface area contributed by atoms with E-state index >= 15 is 0 Å². The number of hydrogen-bond acceptors (Lipinski definition) is 2. The highest BCUT2D eigenvalue weighted by molar-refractivity contribution is 5.81. The Morgan fingerprint density at radius 3 is 3.08 bits per heavy atom. The number of carbonyl (C=O) groups is 1. The Morgan fingerprint density at radius 1 is 1.46 bits per heavy atom. The molecule has 1 aromatic rings. The van der Waals surface area contributed by atoms with Crippen LogP contribution in [-0.4, -0.2) is 12.3 Å². The largest absolute Gasteiger partial charge is 0.379 e. The molecule has 0 fully saturated rings. The Bertz CT molecular complexity index is 368. The van der Waals surface area contributed by atoms with E-state index in [0.29, 0.717) is 6.04 Å². The smallest absolute Gasteiger partial charge is 0.150 e. The first-order valence-corrected chi connectivity index (χ1v) is 4.33. The van der Waals surface area contributed by atoms with Gasteiger partial charge in [0.25, 0.3) is 0 Å². The third-order valence-corrected chi connectivity index (χ3v) is 2.16. The highest BCUT2D eigenvalue weighted by Crippen LogP contribution is 2.23. The maximum atomic E-state index is 10.5. The fourth-order valence-electron chi connectivity index (χ4n) is 1.47. The van der Waals surface area contributed by atoms with Crippen molar-refractivity contribution in [2.24, 2.45) is 0 Å². The summed E-state index contributed by atoms with van der Waals surface area (Å²) in [5.74, 6) is 0. The van der Waals surface area contributed by atoms with Crippen molar-refractivity contribution in [2.75, 3.05) is 5.32 Å². The Balaban J connectivity index is 2.45. The molecule has 2 nitrogen and oxygen atoms in total. The van der Waals surface area contributed by atoms with E-state index in [0.717, 1.165) is 23.1 Å². The molecule has 0 aliphatic carbocycles. The highest BCUT2D eigenvalue weighted by atomic mass is 16.1. The standard InChI is InChI=1S/C11H11NO/c1-8-2-4-10-6-9(7-13)3-5-11(10)12-8/h2-8,12H,1H3. The van der Waals surface area contributed by atoms with Gasteiger partial charge in [-0.25, -0.2) is 0 Å². The average molecular weight is 173 g/mol. The van der Waals surface area contributed by atoms with E-state index in [4.69, 9.17) is 0 Å². The summed E-state index contributed by atoms with van der Waals surface area (Å²) < 4.78 is 0. The minimum absolute atomic E-state index is 0.370. The summed E-state index contributed by atoms with van der Waals surface area (Å²) >= 11 is 0. The van der Waals surface area contributed by atoms with Crippen molar-refractivity contribution in [1.82, 2.24) is 0 Å². The Labute approximate surface area is 77.3 Å². The third-order valence-electron chi connectivity index (χ3n) is 2.16. The van der Waals surface area contributed by atoms with Crippen LogP contribution in [0.25, 0.3) is 6.08 Å². The molecule has 1 aliphatic rings. The lowest BCUT2D eigenvalue weighted by Crippen LogP contribution is -2.15. The fourth-order valence-corrected chi connectivity index (χ4v) is 1.47. The van der Waals surface area contributed by atoms with Gasteiger partial charge < -0.3 is 5.32 Å². The van der Waals surface area contributed by atoms with Crippen LogP contribution in [-0.2, 0) is 0 Å². The van der Waals surface area contributed by atoms with Crippen molar-refractivity contribution in [3.8, 4) is 0 Å². The van der Waals surface area contributed by atoms with Gasteiger partial charge in [-0.2, -0.15) is 0 Å². The zero-order chi connectivity index (χ0) is 9.26. The molecule has 13 heavy (non-hydrogen) atoms. The van der Waals surface area contributed by atoms with Gasteiger partial charge in [-0.3, -0.25) is 4.79 Å². The van der Waals surface area contributed by atoms with Crippen molar-refractivity contribution < 1.29 is 4.79 Å². The minimum atomic E-state index is 0.370. The summed E-state index contributed by atoms with van der Waals surface area (Å²) in [6.45, 7) is 2.09. The second kappa shape index (κ2) is 3.05. The van der Waals surface area contributed by atoms with Crippen molar-refractivity contribution in [1.29, 1.82) is 0 Å². The molecule has 0 aromatic heterocycles. The van der Waals surface area contributed by atoms with Crippen molar-refractivity contribution in [3.63, 3.8) is 0 Å². The highest BCUT2D eigenvalue weighted by Gasteiger charge is 2.07. The van der Waals surface area contributed by atoms with Gasteiger partial charge in [0.05, 0.1) is 0 Å². The van der Waals surface area contributed by atoms with E-state index in [-0.39, 0.29) is 0 Å². The zero-order valence-electron chi connectivity index (χ0n) is 7.45. The molecule has 0 bridgehead atoms. The molecule has 0 amide bonds. The van der Waals surface area contributed by atoms with Gasteiger partial charge in [0.15, 0.2) is 0 Å². The number of aldehydes is 1. The van der Waals surface area contributed by atoms with Crippen LogP contribution < -0.4 is 5.32 Å². The fraction of sp³-hybridized carbons (Fsp3) is 0.182. The molecular weight excluding hydrogens is 162 g/mol. The van der Waals surface area contributed by atoms with Gasteiger partial charge in [0.2, 0.25) is 0 Å². The van der Waals surface area contributed by atoms with Crippen molar-refractivity contribution in [2.45, 2.75) is 13.0 Å². The molecule has 0 saturated heterocycles. The first-order valence-electron chi connectivity index (χ1n) is 4.33. The number of fused-ring (bicyclic) bond motifs is 1. The van der Waals surface area contributed by atoms with Crippen LogP contribution in [0, 0.1) is 0 Å². The molecule has 2 heteroatoms. The summed E-state index contributed by atoms with van der Waals surface area (Å²) in [4.78, 5) is 10.5. The van der Waals surface area contributed by atoms with Gasteiger partial charge in [0, 0.05) is 17.3 Å². The van der Waals surface area contributed by atoms with Crippen LogP contribution in [0.3, 0.4) is 0 Å². The Hall–Kier alpha value is -1.57. The Kier molecular flexibility index (Phi) is 1.89. The summed E-state index contributed by atoms with van der Waals surface area (Å²) in [6.07, 6.45) is 4.99. The second-order valence-corrected chi connectivity index (χ2v) is 3.26. The number of benzene rings is 1. The van der Waals surface area contributed by atoms with Crippen LogP contribution in [0.2, 0.25) is 0 Å². The van der Waals surface area contributed by atoms with Crippen LogP contribution in [0.5, 0.6) is 0 Å². The summed E-state index contributed by atoms with van der Waals surface area (Å²) in [5, 5.41) is 3.31. The lowest BCUT2D eigenvalue weighted by Gasteiger charge is -2.18. The zero-order valence-corrected chi connectivity index (χ0v) is 7.45. The molecule has 0 saturated carbocycles. The van der Waals surface area contributed by atoms with Gasteiger partial charge >= 0.3 is 0 Å². The first-order chi connectivity index (χ1) is 6.29. The minimum Gasteiger partial charge on any atom is -0.379 e. The number of nitrogens with one attached hydrogen (secondary N) is 1. The molecule has 1 N–H and O–H groups in total. The van der Waals surface area contributed by atoms with Crippen LogP contribution >= 0.6 is 0 Å². The predicted octanol–water partition coefficient (Wildman–Crippen LogP) is 2.33. The van der Waals surface area contributed by atoms with Crippen LogP contribution in [0.4, 0.5) is 5.69 Å². The van der Waals surface area contributed by atoms with E-state index in [1.807, 2.05) is 24.3 Å². The molecule has 2 rings (SSSR count). The number of hydrogen-bond donors (Lipinski definition) is 1. The van der Waals surface area contributed by atoms with Gasteiger partial charge in [-0.1, -0.05) is 12.2 Å². The SMILES string of the molecule is CC1C=Cc2cc(C=O)ccc2N1. The van der Waals surface area contributed by atoms with E-state index in [1.165, 1.54) is 0 Å². The van der Waals surface area contributed by atoms with Crippen LogP contribution in [0.1, 0.15) is 22.8 Å². The maximum absolute atomic E-state index is 10.5. The van der Waals surface area contributed by atoms with E-state index in [1.54, 1.807) is 0 Å². The Morgan fingerprint density at radius 2 is 2.31 bits per heavy atom. The van der Waals surface area contributed by atoms with E-state index < -0.39 is 0 Å². The monoisotopic (exact) mass is 173 g/mol. The van der Waals surface area contributed by atoms with E-state index in [9.17, 15) is 4.79 Å². The first kappa shape index (κ1) is 8.05. The predicted molar refractivity (Wildman–Crippen MR) is 53.9 cm³/mol. The summed E-state index contributed by atoms with van der Waals surface area (Å²) in [5.41, 5.74) is 2.91. The molecule has 1 unspecified atom stereocenters. The number of anilines is 1. The third kappa shape index (κ3) is 1.47. The molecule has 0 radical (unpaired) electrons. The van der Waals surface area contributed by atoms with Crippen molar-refractivity contribution >= 4 is 18.0 Å². The topological polar surface area (TPSA) is 29.1 Å². The van der Waals surface area contributed by atoms with E-state index in [2.05, 4.69) is 18.3 Å². The molecule has 66 valence electrons. The molecule has 1 atom stereocenters. The quantitative estimate of drug-likeness (QED) is 0.660. The summed E-state index contributed by atoms with van der Waals surface area (Å²) in [7, 11) is 0. The number of carbonyl (C=O) groups excluding carboxylic acids is 1. The lowest BCUT2D eigenvalue weighted by molar-refractivity contribution is 0.112. The van der Waals surface area contributed by atoms with Crippen molar-refractivity contribution in [3.05, 3.63) is 35.4 Å². The van der Waals surface area contributed by atoms with Gasteiger partial charge in [-0.05, 0) is 30.7 Å². The summed E-state index contributed by atoms with van der Waals surface area (Å²) in [6, 6.07) is 6.02. The lowest BCUT2D eigenvalue weighted by atomic mass is 10.0. The normalized spacial score (nSPS) is 19.0. The molecule has 1 aliphatic heterocycles. The maximum Gasteiger partial charge on any atom is 0.150 e. The molecule has 1 heterocycles.